The minimum Gasteiger partial charge on any atom is -0.409 e. The predicted molar refractivity (Wildman–Crippen MR) is 88.5 cm³/mol. The van der Waals surface area contributed by atoms with Gasteiger partial charge in [0, 0.05) is 19.1 Å². The Bertz CT molecular complexity index is 452. The zero-order chi connectivity index (χ0) is 16.0. The van der Waals surface area contributed by atoms with Crippen LogP contribution in [0.4, 0.5) is 0 Å². The maximum Gasteiger partial charge on any atom is 0.184 e. The summed E-state index contributed by atoms with van der Waals surface area (Å²) in [5, 5.41) is 0. The molecule has 21 heavy (non-hydrogen) atoms. The number of hydrogen-bond acceptors (Lipinski definition) is 4. The van der Waals surface area contributed by atoms with E-state index in [-0.39, 0.29) is 6.10 Å². The van der Waals surface area contributed by atoms with E-state index in [1.165, 1.54) is 0 Å². The fourth-order valence-electron chi connectivity index (χ4n) is 1.96. The predicted octanol–water partition coefficient (Wildman–Crippen LogP) is 2.94. The maximum atomic E-state index is 12.5. The highest BCUT2D eigenvalue weighted by molar-refractivity contribution is 7.85. The Kier molecular flexibility index (Phi) is 7.22. The van der Waals surface area contributed by atoms with E-state index in [2.05, 4.69) is 19.6 Å². The first-order chi connectivity index (χ1) is 9.76. The second-order valence-electron chi connectivity index (χ2n) is 5.93. The van der Waals surface area contributed by atoms with Gasteiger partial charge in [-0.05, 0) is 38.7 Å². The molecule has 4 nitrogen and oxygen atoms in total. The molecule has 0 spiro atoms. The van der Waals surface area contributed by atoms with Gasteiger partial charge in [0.1, 0.15) is 6.10 Å². The first kappa shape index (κ1) is 18.5. The quantitative estimate of drug-likeness (QED) is 0.543. The second kappa shape index (κ2) is 8.19. The van der Waals surface area contributed by atoms with E-state index in [1.54, 1.807) is 14.2 Å². The van der Waals surface area contributed by atoms with Gasteiger partial charge in [-0.25, -0.2) is 0 Å². The molecule has 0 saturated carbocycles. The molecule has 0 N–H and O–H groups in total. The molecule has 1 rings (SSSR count). The summed E-state index contributed by atoms with van der Waals surface area (Å²) in [7, 11) is 0.216. The Morgan fingerprint density at radius 1 is 1.10 bits per heavy atom. The van der Waals surface area contributed by atoms with Crippen LogP contribution in [-0.2, 0) is 24.7 Å². The van der Waals surface area contributed by atoms with Crippen LogP contribution in [0.15, 0.2) is 29.2 Å². The minimum absolute atomic E-state index is 0.339. The molecular formula is C15H26O4SSi. The lowest BCUT2D eigenvalue weighted by Crippen LogP contribution is -2.43. The van der Waals surface area contributed by atoms with Crippen LogP contribution in [0.1, 0.15) is 5.56 Å². The van der Waals surface area contributed by atoms with Crippen LogP contribution in [-0.4, -0.2) is 44.9 Å². The van der Waals surface area contributed by atoms with E-state index < -0.39 is 25.4 Å². The third-order valence-corrected chi connectivity index (χ3v) is 5.31. The molecule has 0 amide bonds. The Balaban J connectivity index is 2.84. The van der Waals surface area contributed by atoms with Crippen LogP contribution in [0.3, 0.4) is 0 Å². The van der Waals surface area contributed by atoms with E-state index in [9.17, 15) is 4.21 Å². The van der Waals surface area contributed by atoms with Crippen molar-refractivity contribution >= 4 is 19.1 Å². The summed E-state index contributed by atoms with van der Waals surface area (Å²) in [5.41, 5.74) is 1.15. The topological polar surface area (TPSA) is 44.8 Å². The number of rotatable bonds is 8. The third kappa shape index (κ3) is 6.40. The molecule has 1 aromatic carbocycles. The van der Waals surface area contributed by atoms with Crippen LogP contribution < -0.4 is 0 Å². The lowest BCUT2D eigenvalue weighted by molar-refractivity contribution is -0.152. The number of benzene rings is 1. The highest BCUT2D eigenvalue weighted by Crippen LogP contribution is 2.17. The normalized spacial score (nSPS) is 15.2. The molecule has 0 unspecified atom stereocenters. The SMILES string of the molecule is COC(OC)[C@@H](C[S@@](=O)c1ccc(C)cc1)O[Si](C)(C)C. The van der Waals surface area contributed by atoms with Gasteiger partial charge in [0.25, 0.3) is 0 Å². The molecule has 6 heteroatoms. The zero-order valence-electron chi connectivity index (χ0n) is 13.7. The Labute approximate surface area is 131 Å². The summed E-state index contributed by atoms with van der Waals surface area (Å²) in [6.45, 7) is 8.29. The summed E-state index contributed by atoms with van der Waals surface area (Å²) in [5.74, 6) is 0.361. The van der Waals surface area contributed by atoms with Crippen molar-refractivity contribution < 1.29 is 18.1 Å². The van der Waals surface area contributed by atoms with Gasteiger partial charge in [-0.2, -0.15) is 0 Å². The highest BCUT2D eigenvalue weighted by atomic mass is 32.2. The molecule has 0 aliphatic carbocycles. The number of ether oxygens (including phenoxy) is 2. The number of aryl methyl sites for hydroxylation is 1. The van der Waals surface area contributed by atoms with Crippen LogP contribution in [0.25, 0.3) is 0 Å². The molecule has 0 heterocycles. The molecule has 0 radical (unpaired) electrons. The molecule has 0 aliphatic heterocycles. The van der Waals surface area contributed by atoms with E-state index in [1.807, 2.05) is 31.2 Å². The van der Waals surface area contributed by atoms with Gasteiger partial charge in [0.05, 0.1) is 16.6 Å². The summed E-state index contributed by atoms with van der Waals surface area (Å²) >= 11 is 0. The third-order valence-electron chi connectivity index (χ3n) is 2.87. The number of methoxy groups -OCH3 is 2. The molecule has 0 fully saturated rings. The molecule has 0 saturated heterocycles. The highest BCUT2D eigenvalue weighted by Gasteiger charge is 2.30. The first-order valence-corrected chi connectivity index (χ1v) is 11.7. The van der Waals surface area contributed by atoms with Gasteiger partial charge < -0.3 is 13.9 Å². The van der Waals surface area contributed by atoms with Crippen molar-refractivity contribution in [1.29, 1.82) is 0 Å². The monoisotopic (exact) mass is 330 g/mol. The second-order valence-corrected chi connectivity index (χ2v) is 11.9. The van der Waals surface area contributed by atoms with Crippen molar-refractivity contribution in [2.24, 2.45) is 0 Å². The van der Waals surface area contributed by atoms with Gasteiger partial charge in [-0.1, -0.05) is 17.7 Å². The van der Waals surface area contributed by atoms with E-state index in [0.29, 0.717) is 5.75 Å². The minimum atomic E-state index is -1.79. The van der Waals surface area contributed by atoms with Gasteiger partial charge in [-0.15, -0.1) is 0 Å². The van der Waals surface area contributed by atoms with Crippen molar-refractivity contribution in [2.75, 3.05) is 20.0 Å². The summed E-state index contributed by atoms with van der Waals surface area (Å²) < 4.78 is 29.2. The molecule has 1 aromatic rings. The van der Waals surface area contributed by atoms with Gasteiger partial charge in [-0.3, -0.25) is 4.21 Å². The average molecular weight is 331 g/mol. The van der Waals surface area contributed by atoms with Crippen LogP contribution in [0, 0.1) is 6.92 Å². The van der Waals surface area contributed by atoms with Crippen molar-refractivity contribution in [2.45, 2.75) is 43.9 Å². The fourth-order valence-corrected chi connectivity index (χ4v) is 4.34. The van der Waals surface area contributed by atoms with Gasteiger partial charge in [0.2, 0.25) is 0 Å². The molecule has 120 valence electrons. The summed E-state index contributed by atoms with van der Waals surface area (Å²) in [4.78, 5) is 0.802. The Hall–Kier alpha value is -0.533. The average Bonchev–Trinajstić information content (AvgIpc) is 2.38. The Morgan fingerprint density at radius 2 is 1.62 bits per heavy atom. The van der Waals surface area contributed by atoms with Crippen LogP contribution in [0.5, 0.6) is 0 Å². The maximum absolute atomic E-state index is 12.5. The zero-order valence-corrected chi connectivity index (χ0v) is 15.5. The first-order valence-electron chi connectivity index (χ1n) is 6.95. The standard InChI is InChI=1S/C15H26O4SSi/c1-12-7-9-13(10-8-12)20(16)11-14(15(17-2)18-3)19-21(4,5)6/h7-10,14-15H,11H2,1-6H3/t14-,20-/m1/s1. The molecular weight excluding hydrogens is 304 g/mol. The van der Waals surface area contributed by atoms with E-state index in [0.717, 1.165) is 10.5 Å². The Morgan fingerprint density at radius 3 is 2.05 bits per heavy atom. The van der Waals surface area contributed by atoms with Gasteiger partial charge in [0.15, 0.2) is 14.6 Å². The molecule has 0 aliphatic rings. The van der Waals surface area contributed by atoms with E-state index >= 15 is 0 Å². The van der Waals surface area contributed by atoms with Crippen LogP contribution in [0.2, 0.25) is 19.6 Å². The molecule has 0 aromatic heterocycles. The van der Waals surface area contributed by atoms with Crippen LogP contribution >= 0.6 is 0 Å². The van der Waals surface area contributed by atoms with E-state index in [4.69, 9.17) is 13.9 Å². The fraction of sp³-hybridized carbons (Fsp3) is 0.600. The largest absolute Gasteiger partial charge is 0.409 e. The lowest BCUT2D eigenvalue weighted by Gasteiger charge is -2.30. The summed E-state index contributed by atoms with van der Waals surface area (Å²) in [6, 6.07) is 7.72. The van der Waals surface area contributed by atoms with Crippen molar-refractivity contribution in [3.8, 4) is 0 Å². The summed E-state index contributed by atoms with van der Waals surface area (Å²) in [6.07, 6.45) is -0.847. The smallest absolute Gasteiger partial charge is 0.184 e. The molecule has 2 atom stereocenters. The molecule has 0 bridgehead atoms. The number of hydrogen-bond donors (Lipinski definition) is 0. The van der Waals surface area contributed by atoms with Crippen molar-refractivity contribution in [3.05, 3.63) is 29.8 Å². The van der Waals surface area contributed by atoms with Gasteiger partial charge >= 0.3 is 0 Å². The lowest BCUT2D eigenvalue weighted by atomic mass is 10.2. The van der Waals surface area contributed by atoms with Crippen molar-refractivity contribution in [3.63, 3.8) is 0 Å². The van der Waals surface area contributed by atoms with Crippen molar-refractivity contribution in [1.82, 2.24) is 0 Å².